The third-order valence-electron chi connectivity index (χ3n) is 9.49. The van der Waals surface area contributed by atoms with E-state index in [1.165, 1.54) is 10.8 Å². The molecule has 0 aliphatic heterocycles. The van der Waals surface area contributed by atoms with Gasteiger partial charge in [0.15, 0.2) is 17.5 Å². The Bertz CT molecular complexity index is 2880. The van der Waals surface area contributed by atoms with Crippen molar-refractivity contribution in [3.8, 4) is 45.3 Å². The van der Waals surface area contributed by atoms with Crippen LogP contribution in [0.25, 0.3) is 99.5 Å². The summed E-state index contributed by atoms with van der Waals surface area (Å²) in [5.74, 6) is 1.84. The van der Waals surface area contributed by atoms with Crippen LogP contribution in [0.5, 0.6) is 0 Å². The summed E-state index contributed by atoms with van der Waals surface area (Å²) in [6.07, 6.45) is 0. The van der Waals surface area contributed by atoms with Crippen LogP contribution in [0, 0.1) is 0 Å². The Morgan fingerprint density at radius 2 is 0.939 bits per heavy atom. The number of benzene rings is 8. The highest BCUT2D eigenvalue weighted by Crippen LogP contribution is 2.42. The fourth-order valence-corrected chi connectivity index (χ4v) is 7.18. The van der Waals surface area contributed by atoms with Crippen molar-refractivity contribution in [2.45, 2.75) is 0 Å². The average Bonchev–Trinajstić information content (AvgIpc) is 3.57. The lowest BCUT2D eigenvalue weighted by molar-refractivity contribution is 0.673. The summed E-state index contributed by atoms with van der Waals surface area (Å²) in [6, 6.07) is 56.8. The highest BCUT2D eigenvalue weighted by atomic mass is 16.3. The summed E-state index contributed by atoms with van der Waals surface area (Å²) in [6.45, 7) is 0. The van der Waals surface area contributed by atoms with Gasteiger partial charge in [-0.1, -0.05) is 140 Å². The molecule has 0 unspecified atom stereocenters. The van der Waals surface area contributed by atoms with Crippen LogP contribution in [0.4, 0.5) is 0 Å². The molecular formula is C45H27N3O. The highest BCUT2D eigenvalue weighted by Gasteiger charge is 2.21. The molecule has 0 aliphatic rings. The summed E-state index contributed by atoms with van der Waals surface area (Å²) < 4.78 is 6.75. The zero-order valence-electron chi connectivity index (χ0n) is 26.3. The van der Waals surface area contributed by atoms with Crippen molar-refractivity contribution in [2.75, 3.05) is 0 Å². The van der Waals surface area contributed by atoms with Gasteiger partial charge in [0.2, 0.25) is 0 Å². The van der Waals surface area contributed by atoms with E-state index in [1.807, 2.05) is 24.3 Å². The zero-order chi connectivity index (χ0) is 32.3. The van der Waals surface area contributed by atoms with Crippen LogP contribution in [-0.4, -0.2) is 15.0 Å². The average molecular weight is 626 g/mol. The maximum absolute atomic E-state index is 6.75. The van der Waals surface area contributed by atoms with E-state index in [9.17, 15) is 0 Å². The molecule has 10 rings (SSSR count). The molecule has 0 saturated heterocycles. The number of rotatable bonds is 4. The fraction of sp³-hybridized carbons (Fsp3) is 0. The molecule has 0 atom stereocenters. The molecule has 10 aromatic rings. The topological polar surface area (TPSA) is 51.8 Å². The van der Waals surface area contributed by atoms with E-state index in [4.69, 9.17) is 19.4 Å². The normalized spacial score (nSPS) is 11.7. The molecule has 0 aliphatic carbocycles. The van der Waals surface area contributed by atoms with Crippen molar-refractivity contribution in [1.29, 1.82) is 0 Å². The van der Waals surface area contributed by atoms with Crippen LogP contribution in [-0.2, 0) is 0 Å². The molecule has 0 N–H and O–H groups in total. The molecule has 8 aromatic carbocycles. The largest absolute Gasteiger partial charge is 0.455 e. The van der Waals surface area contributed by atoms with E-state index in [1.54, 1.807) is 0 Å². The Labute approximate surface area is 282 Å². The molecule has 0 fully saturated rings. The van der Waals surface area contributed by atoms with E-state index in [2.05, 4.69) is 140 Å². The zero-order valence-corrected chi connectivity index (χ0v) is 26.3. The fourth-order valence-electron chi connectivity index (χ4n) is 7.18. The van der Waals surface area contributed by atoms with Gasteiger partial charge in [0.25, 0.3) is 0 Å². The van der Waals surface area contributed by atoms with Crippen molar-refractivity contribution >= 4 is 54.3 Å². The highest BCUT2D eigenvalue weighted by molar-refractivity contribution is 6.19. The molecule has 228 valence electrons. The van der Waals surface area contributed by atoms with Gasteiger partial charge in [0.1, 0.15) is 11.2 Å². The van der Waals surface area contributed by atoms with Gasteiger partial charge in [0.05, 0.1) is 0 Å². The number of furan rings is 1. The van der Waals surface area contributed by atoms with Crippen LogP contribution < -0.4 is 0 Å². The summed E-state index contributed by atoms with van der Waals surface area (Å²) in [7, 11) is 0. The number of nitrogens with zero attached hydrogens (tertiary/aromatic N) is 3. The van der Waals surface area contributed by atoms with Crippen molar-refractivity contribution in [2.24, 2.45) is 0 Å². The summed E-state index contributed by atoms with van der Waals surface area (Å²) in [4.78, 5) is 15.7. The lowest BCUT2D eigenvalue weighted by atomic mass is 9.96. The van der Waals surface area contributed by atoms with Crippen molar-refractivity contribution < 1.29 is 4.42 Å². The van der Waals surface area contributed by atoms with Gasteiger partial charge in [-0.15, -0.1) is 0 Å². The molecule has 49 heavy (non-hydrogen) atoms. The van der Waals surface area contributed by atoms with E-state index in [-0.39, 0.29) is 0 Å². The van der Waals surface area contributed by atoms with E-state index in [0.717, 1.165) is 71.3 Å². The molecule has 0 spiro atoms. The number of hydrogen-bond acceptors (Lipinski definition) is 4. The van der Waals surface area contributed by atoms with E-state index in [0.29, 0.717) is 17.5 Å². The first-order valence-corrected chi connectivity index (χ1v) is 16.4. The van der Waals surface area contributed by atoms with Crippen LogP contribution in [0.2, 0.25) is 0 Å². The molecule has 0 radical (unpaired) electrons. The predicted molar refractivity (Wildman–Crippen MR) is 201 cm³/mol. The summed E-state index contributed by atoms with van der Waals surface area (Å²) >= 11 is 0. The van der Waals surface area contributed by atoms with Gasteiger partial charge in [-0.2, -0.15) is 0 Å². The first-order valence-electron chi connectivity index (χ1n) is 16.4. The van der Waals surface area contributed by atoms with E-state index >= 15 is 0 Å². The minimum Gasteiger partial charge on any atom is -0.455 e. The maximum Gasteiger partial charge on any atom is 0.164 e. The van der Waals surface area contributed by atoms with Crippen LogP contribution in [0.15, 0.2) is 168 Å². The van der Waals surface area contributed by atoms with Gasteiger partial charge in [-0.3, -0.25) is 0 Å². The number of fused-ring (bicyclic) bond motifs is 8. The Hall–Kier alpha value is -6.65. The Morgan fingerprint density at radius 3 is 1.71 bits per heavy atom. The van der Waals surface area contributed by atoms with Gasteiger partial charge < -0.3 is 4.42 Å². The second kappa shape index (κ2) is 11.0. The second-order valence-corrected chi connectivity index (χ2v) is 12.4. The molecule has 2 heterocycles. The standard InChI is InChI=1S/C45H27N3O/c1-3-13-28(14-4-1)32-26-39(41-37-24-23-29-15-7-10-20-34(29)42(37)49-40(41)27-32)45-47-43(30-16-5-2-6-17-30)46-44(48-45)38-25-31-18-8-9-19-33(31)35-21-11-12-22-36(35)38/h1-27H. The van der Waals surface area contributed by atoms with Crippen LogP contribution in [0.3, 0.4) is 0 Å². The Kier molecular flexibility index (Phi) is 6.15. The van der Waals surface area contributed by atoms with Crippen LogP contribution >= 0.6 is 0 Å². The second-order valence-electron chi connectivity index (χ2n) is 12.4. The molecule has 4 nitrogen and oxygen atoms in total. The monoisotopic (exact) mass is 625 g/mol. The first kappa shape index (κ1) is 27.5. The van der Waals surface area contributed by atoms with E-state index < -0.39 is 0 Å². The maximum atomic E-state index is 6.75. The van der Waals surface area contributed by atoms with Gasteiger partial charge in [0, 0.05) is 32.8 Å². The van der Waals surface area contributed by atoms with Gasteiger partial charge in [-0.05, 0) is 62.3 Å². The van der Waals surface area contributed by atoms with Gasteiger partial charge >= 0.3 is 0 Å². The molecule has 0 saturated carbocycles. The predicted octanol–water partition coefficient (Wildman–Crippen LogP) is 11.9. The smallest absolute Gasteiger partial charge is 0.164 e. The van der Waals surface area contributed by atoms with Crippen LogP contribution in [0.1, 0.15) is 0 Å². The number of aromatic nitrogens is 3. The van der Waals surface area contributed by atoms with Gasteiger partial charge in [-0.25, -0.2) is 15.0 Å². The lowest BCUT2D eigenvalue weighted by Gasteiger charge is -2.13. The third kappa shape index (κ3) is 4.49. The lowest BCUT2D eigenvalue weighted by Crippen LogP contribution is -2.01. The molecule has 2 aromatic heterocycles. The summed E-state index contributed by atoms with van der Waals surface area (Å²) in [5, 5.41) is 8.83. The SMILES string of the molecule is c1ccc(-c2cc(-c3nc(-c4ccccc4)nc(-c4cc5ccccc5c5ccccc45)n3)c3c(c2)oc2c4ccccc4ccc23)cc1. The molecule has 4 heteroatoms. The Morgan fingerprint density at radius 1 is 0.347 bits per heavy atom. The third-order valence-corrected chi connectivity index (χ3v) is 9.49. The number of hydrogen-bond donors (Lipinski definition) is 0. The molecular weight excluding hydrogens is 599 g/mol. The Balaban J connectivity index is 1.32. The molecule has 0 amide bonds. The van der Waals surface area contributed by atoms with Crippen molar-refractivity contribution in [3.05, 3.63) is 164 Å². The quantitative estimate of drug-likeness (QED) is 0.183. The minimum absolute atomic E-state index is 0.597. The first-order chi connectivity index (χ1) is 24.3. The van der Waals surface area contributed by atoms with Crippen molar-refractivity contribution in [1.82, 2.24) is 15.0 Å². The summed E-state index contributed by atoms with van der Waals surface area (Å²) in [5.41, 5.74) is 6.57. The molecule has 0 bridgehead atoms. The van der Waals surface area contributed by atoms with Crippen molar-refractivity contribution in [3.63, 3.8) is 0 Å². The minimum atomic E-state index is 0.597.